The van der Waals surface area contributed by atoms with Gasteiger partial charge in [0.25, 0.3) is 0 Å². The first-order valence-corrected chi connectivity index (χ1v) is 7.46. The Kier molecular flexibility index (Phi) is 2.98. The maximum Gasteiger partial charge on any atom is 0.163 e. The van der Waals surface area contributed by atoms with Crippen LogP contribution in [0.15, 0.2) is 48.5 Å². The number of benzene rings is 1. The molecule has 3 nitrogen and oxygen atoms in total. The van der Waals surface area contributed by atoms with Crippen LogP contribution in [0.25, 0.3) is 11.0 Å². The molecule has 2 aromatic heterocycles. The lowest BCUT2D eigenvalue weighted by molar-refractivity contribution is 0.835. The smallest absolute Gasteiger partial charge is 0.163 e. The molecule has 0 radical (unpaired) electrons. The third kappa shape index (κ3) is 2.13. The summed E-state index contributed by atoms with van der Waals surface area (Å²) < 4.78 is 0. The zero-order chi connectivity index (χ0) is 14.4. The van der Waals surface area contributed by atoms with E-state index in [1.165, 1.54) is 5.56 Å². The highest BCUT2D eigenvalue weighted by Gasteiger charge is 2.29. The van der Waals surface area contributed by atoms with Crippen LogP contribution in [0.1, 0.15) is 16.6 Å². The van der Waals surface area contributed by atoms with Gasteiger partial charge >= 0.3 is 0 Å². The molecule has 1 aromatic carbocycles. The van der Waals surface area contributed by atoms with E-state index in [1.54, 1.807) is 6.07 Å². The lowest BCUT2D eigenvalue weighted by atomic mass is 10.1. The first-order chi connectivity index (χ1) is 10.2. The minimum absolute atomic E-state index is 0.203. The third-order valence-electron chi connectivity index (χ3n) is 3.72. The molecule has 21 heavy (non-hydrogen) atoms. The summed E-state index contributed by atoms with van der Waals surface area (Å²) in [6.07, 6.45) is 0. The molecule has 104 valence electrons. The van der Waals surface area contributed by atoms with E-state index < -0.39 is 0 Å². The van der Waals surface area contributed by atoms with E-state index in [0.29, 0.717) is 10.8 Å². The Labute approximate surface area is 132 Å². The van der Waals surface area contributed by atoms with Gasteiger partial charge in [0.2, 0.25) is 0 Å². The molecule has 0 aliphatic carbocycles. The molecule has 3 heterocycles. The Balaban J connectivity index is 1.78. The van der Waals surface area contributed by atoms with Gasteiger partial charge in [-0.2, -0.15) is 0 Å². The number of rotatable bonds is 1. The molecule has 1 aliphatic rings. The van der Waals surface area contributed by atoms with Gasteiger partial charge < -0.3 is 4.90 Å². The van der Waals surface area contributed by atoms with Gasteiger partial charge in [-0.25, -0.2) is 9.97 Å². The van der Waals surface area contributed by atoms with Crippen molar-refractivity contribution < 1.29 is 0 Å². The summed E-state index contributed by atoms with van der Waals surface area (Å²) in [5.74, 6) is 0.813. The van der Waals surface area contributed by atoms with Crippen molar-refractivity contribution in [3.05, 3.63) is 64.8 Å². The standard InChI is InChI=1S/C16H11Cl2N3/c17-13-7-5-10-6-8-14(20-16(10)19-13)21-9-11-3-1-2-4-12(11)15(21)18/h1-8,15H,9H2. The first kappa shape index (κ1) is 12.9. The van der Waals surface area contributed by atoms with Gasteiger partial charge in [0.1, 0.15) is 16.5 Å². The summed E-state index contributed by atoms with van der Waals surface area (Å²) >= 11 is 12.5. The van der Waals surface area contributed by atoms with Gasteiger partial charge in [0, 0.05) is 11.9 Å². The molecule has 0 N–H and O–H groups in total. The van der Waals surface area contributed by atoms with Crippen LogP contribution in [0.4, 0.5) is 5.82 Å². The summed E-state index contributed by atoms with van der Waals surface area (Å²) in [6.45, 7) is 0.753. The van der Waals surface area contributed by atoms with Gasteiger partial charge in [-0.1, -0.05) is 47.5 Å². The Morgan fingerprint density at radius 1 is 1.00 bits per heavy atom. The Morgan fingerprint density at radius 2 is 1.81 bits per heavy atom. The third-order valence-corrected chi connectivity index (χ3v) is 4.41. The quantitative estimate of drug-likeness (QED) is 0.375. The molecule has 1 aliphatic heterocycles. The number of nitrogens with zero attached hydrogens (tertiary/aromatic N) is 3. The van der Waals surface area contributed by atoms with Crippen molar-refractivity contribution in [3.8, 4) is 0 Å². The molecule has 5 heteroatoms. The van der Waals surface area contributed by atoms with E-state index >= 15 is 0 Å². The maximum absolute atomic E-state index is 6.57. The fourth-order valence-corrected chi connectivity index (χ4v) is 3.19. The molecule has 4 rings (SSSR count). The predicted octanol–water partition coefficient (Wildman–Crippen LogP) is 4.54. The number of pyridine rings is 2. The second-order valence-corrected chi connectivity index (χ2v) is 5.81. The SMILES string of the molecule is Clc1ccc2ccc(N3Cc4ccccc4C3Cl)nc2n1. The van der Waals surface area contributed by atoms with Crippen molar-refractivity contribution in [1.29, 1.82) is 0 Å². The van der Waals surface area contributed by atoms with Crippen LogP contribution in [0.3, 0.4) is 0 Å². The molecule has 0 saturated carbocycles. The van der Waals surface area contributed by atoms with Crippen molar-refractivity contribution in [3.63, 3.8) is 0 Å². The number of fused-ring (bicyclic) bond motifs is 2. The average Bonchev–Trinajstić information content (AvgIpc) is 2.84. The summed E-state index contributed by atoms with van der Waals surface area (Å²) in [5.41, 5.74) is 2.81. The van der Waals surface area contributed by atoms with E-state index in [1.807, 2.05) is 30.3 Å². The number of anilines is 1. The van der Waals surface area contributed by atoms with Crippen molar-refractivity contribution in [1.82, 2.24) is 9.97 Å². The molecular weight excluding hydrogens is 305 g/mol. The Morgan fingerprint density at radius 3 is 2.67 bits per heavy atom. The summed E-state index contributed by atoms with van der Waals surface area (Å²) in [5, 5.41) is 1.41. The van der Waals surface area contributed by atoms with E-state index in [2.05, 4.69) is 27.0 Å². The first-order valence-electron chi connectivity index (χ1n) is 6.64. The van der Waals surface area contributed by atoms with E-state index in [-0.39, 0.29) is 5.50 Å². The lowest BCUT2D eigenvalue weighted by Gasteiger charge is -2.21. The second-order valence-electron chi connectivity index (χ2n) is 5.01. The van der Waals surface area contributed by atoms with Crippen molar-refractivity contribution in [2.75, 3.05) is 4.90 Å². The zero-order valence-electron chi connectivity index (χ0n) is 11.0. The highest BCUT2D eigenvalue weighted by molar-refractivity contribution is 6.29. The van der Waals surface area contributed by atoms with Crippen molar-refractivity contribution in [2.45, 2.75) is 12.0 Å². The van der Waals surface area contributed by atoms with Crippen LogP contribution in [-0.4, -0.2) is 9.97 Å². The Bertz CT molecular complexity index is 835. The van der Waals surface area contributed by atoms with Gasteiger partial charge in [0.15, 0.2) is 5.65 Å². The maximum atomic E-state index is 6.57. The Hall–Kier alpha value is -1.84. The molecule has 0 bridgehead atoms. The van der Waals surface area contributed by atoms with E-state index in [0.717, 1.165) is 23.3 Å². The molecule has 0 spiro atoms. The molecule has 1 unspecified atom stereocenters. The van der Waals surface area contributed by atoms with Crippen LogP contribution in [-0.2, 0) is 6.54 Å². The van der Waals surface area contributed by atoms with Crippen molar-refractivity contribution >= 4 is 40.1 Å². The predicted molar refractivity (Wildman–Crippen MR) is 85.8 cm³/mol. The van der Waals surface area contributed by atoms with E-state index in [9.17, 15) is 0 Å². The molecule has 0 fully saturated rings. The number of alkyl halides is 1. The monoisotopic (exact) mass is 315 g/mol. The van der Waals surface area contributed by atoms with Gasteiger partial charge in [0.05, 0.1) is 0 Å². The van der Waals surface area contributed by atoms with Crippen LogP contribution >= 0.6 is 23.2 Å². The number of aromatic nitrogens is 2. The normalized spacial score (nSPS) is 17.2. The summed E-state index contributed by atoms with van der Waals surface area (Å²) in [7, 11) is 0. The minimum Gasteiger partial charge on any atom is -0.332 e. The largest absolute Gasteiger partial charge is 0.332 e. The van der Waals surface area contributed by atoms with Crippen LogP contribution < -0.4 is 4.90 Å². The highest BCUT2D eigenvalue weighted by Crippen LogP contribution is 2.39. The van der Waals surface area contributed by atoms with Crippen LogP contribution in [0, 0.1) is 0 Å². The highest BCUT2D eigenvalue weighted by atomic mass is 35.5. The molecular formula is C16H11Cl2N3. The fourth-order valence-electron chi connectivity index (χ4n) is 2.67. The van der Waals surface area contributed by atoms with Crippen LogP contribution in [0.5, 0.6) is 0 Å². The van der Waals surface area contributed by atoms with Crippen molar-refractivity contribution in [2.24, 2.45) is 0 Å². The van der Waals surface area contributed by atoms with E-state index in [4.69, 9.17) is 23.2 Å². The molecule has 0 saturated heterocycles. The molecule has 3 aromatic rings. The summed E-state index contributed by atoms with van der Waals surface area (Å²) in [6, 6.07) is 15.8. The fraction of sp³-hybridized carbons (Fsp3) is 0.125. The number of hydrogen-bond donors (Lipinski definition) is 0. The van der Waals surface area contributed by atoms with Gasteiger partial charge in [-0.15, -0.1) is 0 Å². The van der Waals surface area contributed by atoms with Gasteiger partial charge in [-0.05, 0) is 35.4 Å². The van der Waals surface area contributed by atoms with Crippen LogP contribution in [0.2, 0.25) is 5.15 Å². The zero-order valence-corrected chi connectivity index (χ0v) is 12.5. The van der Waals surface area contributed by atoms with Gasteiger partial charge in [-0.3, -0.25) is 0 Å². The molecule has 0 amide bonds. The number of halogens is 2. The minimum atomic E-state index is -0.203. The second kappa shape index (κ2) is 4.86. The lowest BCUT2D eigenvalue weighted by Crippen LogP contribution is -2.18. The average molecular weight is 316 g/mol. The molecule has 1 atom stereocenters. The topological polar surface area (TPSA) is 29.0 Å². The summed E-state index contributed by atoms with van der Waals surface area (Å²) in [4.78, 5) is 10.9. The number of hydrogen-bond acceptors (Lipinski definition) is 3.